The van der Waals surface area contributed by atoms with Crippen molar-refractivity contribution in [2.24, 2.45) is 0 Å². The summed E-state index contributed by atoms with van der Waals surface area (Å²) in [7, 11) is 0. The van der Waals surface area contributed by atoms with E-state index in [1.165, 1.54) is 23.5 Å². The van der Waals surface area contributed by atoms with Gasteiger partial charge in [0.25, 0.3) is 5.91 Å². The number of anilines is 1. The normalized spacial score (nSPS) is 12.9. The van der Waals surface area contributed by atoms with E-state index in [4.69, 9.17) is 0 Å². The number of carbonyl (C=O) groups is 1. The molecule has 33 heavy (non-hydrogen) atoms. The van der Waals surface area contributed by atoms with Crippen LogP contribution >= 0.6 is 23.1 Å². The Labute approximate surface area is 197 Å². The number of carbonyl (C=O) groups excluding carboxylic acids is 1. The predicted molar refractivity (Wildman–Crippen MR) is 130 cm³/mol. The lowest BCUT2D eigenvalue weighted by molar-refractivity contribution is 0.102. The van der Waals surface area contributed by atoms with E-state index in [-0.39, 0.29) is 11.7 Å². The van der Waals surface area contributed by atoms with Crippen molar-refractivity contribution in [3.63, 3.8) is 0 Å². The van der Waals surface area contributed by atoms with E-state index in [0.717, 1.165) is 56.3 Å². The van der Waals surface area contributed by atoms with Gasteiger partial charge in [-0.3, -0.25) is 9.20 Å². The number of rotatable bonds is 4. The van der Waals surface area contributed by atoms with E-state index in [2.05, 4.69) is 26.0 Å². The molecule has 0 spiro atoms. The monoisotopic (exact) mass is 475 g/mol. The number of fused-ring (bicyclic) bond motifs is 2. The average molecular weight is 476 g/mol. The topological polar surface area (TPSA) is 64.2 Å². The summed E-state index contributed by atoms with van der Waals surface area (Å²) in [5, 5.41) is 4.04. The fourth-order valence-electron chi connectivity index (χ4n) is 3.88. The standard InChI is InChI=1S/C24H18FN5OS2/c1-14-21(33-24-28-20(13-30(14)24)15-2-6-17(25)7-3-15)22(31)26-18-8-4-16(5-9-18)19-12-29-10-11-32-23(29)27-19/h2-9,12-13H,10-11H2,1H3,(H,26,31). The molecule has 1 amide bonds. The summed E-state index contributed by atoms with van der Waals surface area (Å²) in [6.07, 6.45) is 3.95. The summed E-state index contributed by atoms with van der Waals surface area (Å²) in [4.78, 5) is 23.6. The number of halogens is 1. The number of nitrogens with one attached hydrogen (secondary N) is 1. The first-order valence-corrected chi connectivity index (χ1v) is 12.2. The van der Waals surface area contributed by atoms with E-state index in [0.29, 0.717) is 4.88 Å². The molecule has 1 N–H and O–H groups in total. The summed E-state index contributed by atoms with van der Waals surface area (Å²) in [5.74, 6) is 0.626. The van der Waals surface area contributed by atoms with Gasteiger partial charge in [-0.2, -0.15) is 0 Å². The van der Waals surface area contributed by atoms with Crippen LogP contribution in [0.15, 0.2) is 66.1 Å². The highest BCUT2D eigenvalue weighted by molar-refractivity contribution is 7.99. The molecule has 9 heteroatoms. The summed E-state index contributed by atoms with van der Waals surface area (Å²) in [6, 6.07) is 14.0. The molecule has 0 saturated carbocycles. The quantitative estimate of drug-likeness (QED) is 0.360. The molecular weight excluding hydrogens is 457 g/mol. The summed E-state index contributed by atoms with van der Waals surface area (Å²) in [6.45, 7) is 2.89. The molecule has 0 saturated heterocycles. The van der Waals surface area contributed by atoms with Crippen molar-refractivity contribution >= 4 is 39.7 Å². The smallest absolute Gasteiger partial charge is 0.267 e. The third-order valence-corrected chi connectivity index (χ3v) is 7.77. The molecule has 4 heterocycles. The van der Waals surface area contributed by atoms with Crippen molar-refractivity contribution in [2.75, 3.05) is 11.1 Å². The maximum Gasteiger partial charge on any atom is 0.267 e. The van der Waals surface area contributed by atoms with Crippen LogP contribution in [0.1, 0.15) is 15.4 Å². The number of amides is 1. The maximum absolute atomic E-state index is 13.2. The zero-order valence-corrected chi connectivity index (χ0v) is 19.2. The minimum absolute atomic E-state index is 0.170. The highest BCUT2D eigenvalue weighted by Crippen LogP contribution is 2.30. The fraction of sp³-hybridized carbons (Fsp3) is 0.125. The first kappa shape index (κ1) is 20.2. The lowest BCUT2D eigenvalue weighted by Crippen LogP contribution is -2.11. The van der Waals surface area contributed by atoms with Crippen molar-refractivity contribution in [3.05, 3.63) is 77.3 Å². The van der Waals surface area contributed by atoms with E-state index >= 15 is 0 Å². The highest BCUT2D eigenvalue weighted by Gasteiger charge is 2.19. The SMILES string of the molecule is Cc1c(C(=O)Nc2ccc(-c3cn4c(n3)SCC4)cc2)sc2nc(-c3ccc(F)cc3)cn12. The molecule has 0 aliphatic carbocycles. The van der Waals surface area contributed by atoms with Crippen molar-refractivity contribution in [3.8, 4) is 22.5 Å². The van der Waals surface area contributed by atoms with Crippen LogP contribution in [-0.2, 0) is 6.54 Å². The number of thiazole rings is 1. The number of thioether (sulfide) groups is 1. The van der Waals surface area contributed by atoms with Gasteiger partial charge in [-0.1, -0.05) is 35.2 Å². The highest BCUT2D eigenvalue weighted by atomic mass is 32.2. The van der Waals surface area contributed by atoms with Crippen molar-refractivity contribution in [1.82, 2.24) is 18.9 Å². The van der Waals surface area contributed by atoms with Gasteiger partial charge in [0.1, 0.15) is 10.7 Å². The Bertz CT molecular complexity index is 1480. The number of aromatic nitrogens is 4. The number of hydrogen-bond donors (Lipinski definition) is 1. The maximum atomic E-state index is 13.2. The van der Waals surface area contributed by atoms with Crippen molar-refractivity contribution < 1.29 is 9.18 Å². The molecule has 5 aromatic rings. The molecule has 0 bridgehead atoms. The van der Waals surface area contributed by atoms with Crippen LogP contribution in [0, 0.1) is 12.7 Å². The molecular formula is C24H18FN5OS2. The molecule has 1 aliphatic rings. The fourth-order valence-corrected chi connectivity index (χ4v) is 5.83. The molecule has 3 aromatic heterocycles. The van der Waals surface area contributed by atoms with Gasteiger partial charge in [-0.05, 0) is 43.3 Å². The van der Waals surface area contributed by atoms with Gasteiger partial charge < -0.3 is 9.88 Å². The van der Waals surface area contributed by atoms with Gasteiger partial charge in [0, 0.05) is 47.2 Å². The first-order chi connectivity index (χ1) is 16.0. The molecule has 0 radical (unpaired) electrons. The zero-order valence-electron chi connectivity index (χ0n) is 17.6. The predicted octanol–water partition coefficient (Wildman–Crippen LogP) is 5.73. The summed E-state index contributed by atoms with van der Waals surface area (Å²) in [5.41, 5.74) is 5.09. The van der Waals surface area contributed by atoms with Crippen LogP contribution in [0.5, 0.6) is 0 Å². The van der Waals surface area contributed by atoms with Crippen molar-refractivity contribution in [2.45, 2.75) is 18.6 Å². The second-order valence-electron chi connectivity index (χ2n) is 7.78. The van der Waals surface area contributed by atoms with Gasteiger partial charge in [-0.15, -0.1) is 0 Å². The van der Waals surface area contributed by atoms with Gasteiger partial charge >= 0.3 is 0 Å². The molecule has 0 unspecified atom stereocenters. The van der Waals surface area contributed by atoms with Crippen molar-refractivity contribution in [1.29, 1.82) is 0 Å². The van der Waals surface area contributed by atoms with Crippen LogP contribution in [0.2, 0.25) is 0 Å². The molecule has 164 valence electrons. The minimum Gasteiger partial charge on any atom is -0.325 e. The lowest BCUT2D eigenvalue weighted by Gasteiger charge is -2.05. The van der Waals surface area contributed by atoms with Gasteiger partial charge in [0.15, 0.2) is 10.1 Å². The Morgan fingerprint density at radius 2 is 1.70 bits per heavy atom. The third-order valence-electron chi connectivity index (χ3n) is 5.64. The lowest BCUT2D eigenvalue weighted by atomic mass is 10.1. The van der Waals surface area contributed by atoms with E-state index in [1.807, 2.05) is 41.8 Å². The van der Waals surface area contributed by atoms with Gasteiger partial charge in [0.05, 0.1) is 11.4 Å². The van der Waals surface area contributed by atoms with E-state index in [9.17, 15) is 9.18 Å². The van der Waals surface area contributed by atoms with Crippen LogP contribution in [-0.4, -0.2) is 30.6 Å². The van der Waals surface area contributed by atoms with Gasteiger partial charge in [0.2, 0.25) is 0 Å². The summed E-state index contributed by atoms with van der Waals surface area (Å²) < 4.78 is 17.3. The van der Waals surface area contributed by atoms with Crippen LogP contribution < -0.4 is 5.32 Å². The Morgan fingerprint density at radius 1 is 1.00 bits per heavy atom. The third kappa shape index (κ3) is 3.63. The minimum atomic E-state index is -0.282. The van der Waals surface area contributed by atoms with E-state index in [1.54, 1.807) is 23.9 Å². The Hall–Kier alpha value is -3.43. The second-order valence-corrected chi connectivity index (χ2v) is 9.82. The van der Waals surface area contributed by atoms with Crippen LogP contribution in [0.4, 0.5) is 10.1 Å². The number of nitrogens with zero attached hydrogens (tertiary/aromatic N) is 4. The van der Waals surface area contributed by atoms with E-state index < -0.39 is 0 Å². The molecule has 1 aliphatic heterocycles. The number of aryl methyl sites for hydroxylation is 2. The first-order valence-electron chi connectivity index (χ1n) is 10.4. The molecule has 0 atom stereocenters. The molecule has 0 fully saturated rings. The number of hydrogen-bond acceptors (Lipinski definition) is 5. The second kappa shape index (κ2) is 7.86. The van der Waals surface area contributed by atoms with Gasteiger partial charge in [-0.25, -0.2) is 14.4 Å². The Kier molecular flexibility index (Phi) is 4.81. The van der Waals surface area contributed by atoms with Crippen LogP contribution in [0.25, 0.3) is 27.5 Å². The molecule has 6 rings (SSSR count). The Balaban J connectivity index is 1.21. The zero-order chi connectivity index (χ0) is 22.5. The molecule has 2 aromatic carbocycles. The number of imidazole rings is 2. The largest absolute Gasteiger partial charge is 0.325 e. The Morgan fingerprint density at radius 3 is 2.39 bits per heavy atom. The molecule has 6 nitrogen and oxygen atoms in total. The average Bonchev–Trinajstić information content (AvgIpc) is 3.56. The summed E-state index contributed by atoms with van der Waals surface area (Å²) >= 11 is 3.10. The van der Waals surface area contributed by atoms with Crippen LogP contribution in [0.3, 0.4) is 0 Å². The number of benzene rings is 2.